The van der Waals surface area contributed by atoms with Gasteiger partial charge in [0.15, 0.2) is 5.69 Å². The van der Waals surface area contributed by atoms with Gasteiger partial charge in [-0.3, -0.25) is 0 Å². The summed E-state index contributed by atoms with van der Waals surface area (Å²) in [6, 6.07) is 0.287. The minimum atomic E-state index is -4.84. The fourth-order valence-electron chi connectivity index (χ4n) is 1.16. The number of ether oxygens (including phenoxy) is 1. The molecule has 0 fully saturated rings. The number of methoxy groups -OCH3 is 1. The molecule has 0 aromatic carbocycles. The predicted octanol–water partition coefficient (Wildman–Crippen LogP) is 3.08. The largest absolute Gasteiger partial charge is 0.435 e. The van der Waals surface area contributed by atoms with Gasteiger partial charge in [0.1, 0.15) is 6.73 Å². The molecule has 0 N–H and O–H groups in total. The third-order valence-electron chi connectivity index (χ3n) is 1.97. The molecule has 1 aromatic heterocycles. The van der Waals surface area contributed by atoms with E-state index in [1.54, 1.807) is 0 Å². The van der Waals surface area contributed by atoms with Crippen LogP contribution in [-0.2, 0) is 17.6 Å². The van der Waals surface area contributed by atoms with E-state index in [0.29, 0.717) is 4.68 Å². The highest BCUT2D eigenvalue weighted by molar-refractivity contribution is 5.65. The summed E-state index contributed by atoms with van der Waals surface area (Å²) in [5.41, 5.74) is -3.63. The van der Waals surface area contributed by atoms with Crippen molar-refractivity contribution >= 4 is 5.57 Å². The SMILES string of the molecule is C=C(c1cc(C(F)(F)F)nn1COC)C(F)(F)F. The zero-order valence-corrected chi connectivity index (χ0v) is 9.06. The molecule has 0 unspecified atom stereocenters. The van der Waals surface area contributed by atoms with Gasteiger partial charge in [-0.1, -0.05) is 6.58 Å². The van der Waals surface area contributed by atoms with Crippen molar-refractivity contribution in [3.63, 3.8) is 0 Å². The van der Waals surface area contributed by atoms with Crippen molar-refractivity contribution in [1.29, 1.82) is 0 Å². The zero-order valence-electron chi connectivity index (χ0n) is 9.06. The van der Waals surface area contributed by atoms with E-state index in [1.165, 1.54) is 0 Å². The van der Waals surface area contributed by atoms with E-state index < -0.39 is 36.0 Å². The molecule has 0 amide bonds. The van der Waals surface area contributed by atoms with Crippen molar-refractivity contribution in [2.24, 2.45) is 0 Å². The highest BCUT2D eigenvalue weighted by Crippen LogP contribution is 2.35. The van der Waals surface area contributed by atoms with E-state index in [-0.39, 0.29) is 6.07 Å². The van der Waals surface area contributed by atoms with Crippen LogP contribution in [0.5, 0.6) is 0 Å². The molecule has 1 aromatic rings. The van der Waals surface area contributed by atoms with Crippen LogP contribution in [-0.4, -0.2) is 23.1 Å². The molecule has 0 spiro atoms. The van der Waals surface area contributed by atoms with Crippen molar-refractivity contribution in [2.75, 3.05) is 7.11 Å². The van der Waals surface area contributed by atoms with Crippen LogP contribution in [0.25, 0.3) is 5.57 Å². The fourth-order valence-corrected chi connectivity index (χ4v) is 1.16. The minimum absolute atomic E-state index is 0.287. The van der Waals surface area contributed by atoms with Gasteiger partial charge in [0.05, 0.1) is 11.3 Å². The standard InChI is InChI=1S/C9H8F6N2O/c1-5(8(10,11)12)6-3-7(9(13,14)15)16-17(6)4-18-2/h3H,1,4H2,2H3. The lowest BCUT2D eigenvalue weighted by atomic mass is 10.2. The Morgan fingerprint density at radius 1 is 1.33 bits per heavy atom. The lowest BCUT2D eigenvalue weighted by Gasteiger charge is -2.11. The number of alkyl halides is 6. The van der Waals surface area contributed by atoms with E-state index in [1.807, 2.05) is 0 Å². The normalized spacial score (nSPS) is 12.8. The molecular weight excluding hydrogens is 266 g/mol. The number of hydrogen-bond donors (Lipinski definition) is 0. The highest BCUT2D eigenvalue weighted by Gasteiger charge is 2.39. The lowest BCUT2D eigenvalue weighted by molar-refractivity contribution is -0.141. The predicted molar refractivity (Wildman–Crippen MR) is 49.3 cm³/mol. The molecule has 0 aliphatic carbocycles. The molecule has 0 aliphatic rings. The Hall–Kier alpha value is -1.51. The third kappa shape index (κ3) is 3.03. The van der Waals surface area contributed by atoms with Crippen molar-refractivity contribution in [3.8, 4) is 0 Å². The first-order valence-corrected chi connectivity index (χ1v) is 4.48. The van der Waals surface area contributed by atoms with Crippen LogP contribution in [0.1, 0.15) is 11.4 Å². The van der Waals surface area contributed by atoms with Gasteiger partial charge >= 0.3 is 12.4 Å². The number of rotatable bonds is 3. The van der Waals surface area contributed by atoms with E-state index in [0.717, 1.165) is 7.11 Å². The van der Waals surface area contributed by atoms with Gasteiger partial charge in [-0.2, -0.15) is 31.4 Å². The first kappa shape index (κ1) is 14.6. The first-order chi connectivity index (χ1) is 8.07. The van der Waals surface area contributed by atoms with E-state index in [4.69, 9.17) is 0 Å². The Labute approximate surface area is 97.6 Å². The first-order valence-electron chi connectivity index (χ1n) is 4.48. The number of halogens is 6. The Morgan fingerprint density at radius 2 is 1.89 bits per heavy atom. The average Bonchev–Trinajstić information content (AvgIpc) is 2.59. The van der Waals surface area contributed by atoms with Crippen molar-refractivity contribution in [3.05, 3.63) is 24.0 Å². The number of allylic oxidation sites excluding steroid dienone is 1. The van der Waals surface area contributed by atoms with Gasteiger partial charge in [-0.05, 0) is 6.07 Å². The second-order valence-corrected chi connectivity index (χ2v) is 3.31. The monoisotopic (exact) mass is 274 g/mol. The molecule has 0 aliphatic heterocycles. The second-order valence-electron chi connectivity index (χ2n) is 3.31. The van der Waals surface area contributed by atoms with Gasteiger partial charge in [0.25, 0.3) is 0 Å². The topological polar surface area (TPSA) is 27.1 Å². The number of aromatic nitrogens is 2. The Bertz CT molecular complexity index is 445. The molecule has 0 saturated carbocycles. The smallest absolute Gasteiger partial charge is 0.362 e. The van der Waals surface area contributed by atoms with Crippen LogP contribution in [0.3, 0.4) is 0 Å². The van der Waals surface area contributed by atoms with Gasteiger partial charge in [-0.15, -0.1) is 0 Å². The molecule has 1 rings (SSSR count). The minimum Gasteiger partial charge on any atom is -0.362 e. The van der Waals surface area contributed by atoms with Gasteiger partial charge in [-0.25, -0.2) is 4.68 Å². The molecule has 0 bridgehead atoms. The Kier molecular flexibility index (Phi) is 3.75. The van der Waals surface area contributed by atoms with Gasteiger partial charge < -0.3 is 4.74 Å². The molecule has 9 heteroatoms. The summed E-state index contributed by atoms with van der Waals surface area (Å²) in [6.45, 7) is 2.18. The Balaban J connectivity index is 3.25. The van der Waals surface area contributed by atoms with Crippen LogP contribution >= 0.6 is 0 Å². The molecule has 3 nitrogen and oxygen atoms in total. The summed E-state index contributed by atoms with van der Waals surface area (Å²) in [5.74, 6) is 0. The molecule has 18 heavy (non-hydrogen) atoms. The summed E-state index contributed by atoms with van der Waals surface area (Å²) >= 11 is 0. The summed E-state index contributed by atoms with van der Waals surface area (Å²) in [7, 11) is 1.12. The molecule has 0 saturated heterocycles. The maximum absolute atomic E-state index is 12.4. The van der Waals surface area contributed by atoms with Gasteiger partial charge in [0, 0.05) is 7.11 Å². The molecular formula is C9H8F6N2O. The van der Waals surface area contributed by atoms with Crippen LogP contribution < -0.4 is 0 Å². The van der Waals surface area contributed by atoms with E-state index in [2.05, 4.69) is 16.4 Å². The molecule has 0 atom stereocenters. The molecule has 1 heterocycles. The summed E-state index contributed by atoms with van der Waals surface area (Å²) in [4.78, 5) is 0. The average molecular weight is 274 g/mol. The number of hydrogen-bond acceptors (Lipinski definition) is 2. The molecule has 0 radical (unpaired) electrons. The van der Waals surface area contributed by atoms with E-state index >= 15 is 0 Å². The van der Waals surface area contributed by atoms with Crippen molar-refractivity contribution in [2.45, 2.75) is 19.1 Å². The quantitative estimate of drug-likeness (QED) is 0.792. The van der Waals surface area contributed by atoms with Crippen LogP contribution in [0, 0.1) is 0 Å². The van der Waals surface area contributed by atoms with Gasteiger partial charge in [0.2, 0.25) is 0 Å². The van der Waals surface area contributed by atoms with Crippen molar-refractivity contribution in [1.82, 2.24) is 9.78 Å². The second kappa shape index (κ2) is 4.63. The summed E-state index contributed by atoms with van der Waals surface area (Å²) < 4.78 is 79.2. The zero-order chi connectivity index (χ0) is 14.1. The van der Waals surface area contributed by atoms with Crippen molar-refractivity contribution < 1.29 is 31.1 Å². The summed E-state index contributed by atoms with van der Waals surface area (Å²) in [5, 5.41) is 3.01. The Morgan fingerprint density at radius 3 is 2.28 bits per heavy atom. The summed E-state index contributed by atoms with van der Waals surface area (Å²) in [6.07, 6.45) is -9.67. The van der Waals surface area contributed by atoms with Crippen LogP contribution in [0.15, 0.2) is 12.6 Å². The van der Waals surface area contributed by atoms with Crippen LogP contribution in [0.4, 0.5) is 26.3 Å². The fraction of sp³-hybridized carbons (Fsp3) is 0.444. The van der Waals surface area contributed by atoms with E-state index in [9.17, 15) is 26.3 Å². The van der Waals surface area contributed by atoms with Crippen LogP contribution in [0.2, 0.25) is 0 Å². The number of nitrogens with zero attached hydrogens (tertiary/aromatic N) is 2. The maximum Gasteiger partial charge on any atom is 0.435 e. The maximum atomic E-state index is 12.4. The third-order valence-corrected chi connectivity index (χ3v) is 1.97. The lowest BCUT2D eigenvalue weighted by Crippen LogP contribution is -2.15. The highest BCUT2D eigenvalue weighted by atomic mass is 19.4. The molecule has 102 valence electrons.